The number of unbranched alkanes of at least 4 members (excludes halogenated alkanes) is 10. The van der Waals surface area contributed by atoms with Gasteiger partial charge >= 0.3 is 11.9 Å². The molecule has 0 spiro atoms. The second-order valence-corrected chi connectivity index (χ2v) is 13.7. The lowest BCUT2D eigenvalue weighted by Gasteiger charge is -2.15. The first-order valence-electron chi connectivity index (χ1n) is 20.9. The Bertz CT molecular complexity index is 1100. The van der Waals surface area contributed by atoms with Gasteiger partial charge in [-0.15, -0.1) is 0 Å². The maximum atomic E-state index is 12.7. The number of carbonyl (C=O) groups is 3. The average Bonchev–Trinajstić information content (AvgIpc) is 3.14. The van der Waals surface area contributed by atoms with E-state index in [9.17, 15) is 19.5 Å². The zero-order valence-electron chi connectivity index (χ0n) is 33.6. The molecule has 0 aromatic heterocycles. The van der Waals surface area contributed by atoms with Crippen LogP contribution in [-0.2, 0) is 19.1 Å². The van der Waals surface area contributed by atoms with Gasteiger partial charge in [-0.3, -0.25) is 9.59 Å². The minimum atomic E-state index is -1.01. The van der Waals surface area contributed by atoms with Crippen molar-refractivity contribution in [2.45, 2.75) is 180 Å². The normalized spacial score (nSPS) is 13.6. The molecule has 0 aromatic carbocycles. The third kappa shape index (κ3) is 36.7. The van der Waals surface area contributed by atoms with Gasteiger partial charge in [0.05, 0.1) is 0 Å². The fourth-order valence-corrected chi connectivity index (χ4v) is 5.55. The van der Waals surface area contributed by atoms with E-state index in [0.717, 1.165) is 103 Å². The van der Waals surface area contributed by atoms with Crippen LogP contribution < -0.4 is 11.1 Å². The molecule has 1 amide bonds. The zero-order valence-corrected chi connectivity index (χ0v) is 33.6. The highest BCUT2D eigenvalue weighted by atomic mass is 16.5. The summed E-state index contributed by atoms with van der Waals surface area (Å²) in [5, 5.41) is 11.9. The first kappa shape index (κ1) is 49.6. The number of esters is 1. The maximum Gasteiger partial charge on any atom is 0.326 e. The minimum absolute atomic E-state index is 0.134. The van der Waals surface area contributed by atoms with Gasteiger partial charge in [-0.1, -0.05) is 138 Å². The molecule has 300 valence electrons. The van der Waals surface area contributed by atoms with Gasteiger partial charge in [0, 0.05) is 12.8 Å². The summed E-state index contributed by atoms with van der Waals surface area (Å²) in [5.41, 5.74) is 5.47. The molecule has 0 aromatic rings. The number of amides is 1. The van der Waals surface area contributed by atoms with Crippen LogP contribution in [0.25, 0.3) is 0 Å². The number of carboxylic acids is 1. The van der Waals surface area contributed by atoms with E-state index in [2.05, 4.69) is 104 Å². The average molecular weight is 737 g/mol. The molecule has 0 saturated heterocycles. The van der Waals surface area contributed by atoms with Crippen LogP contribution in [0.1, 0.15) is 168 Å². The largest absolute Gasteiger partial charge is 0.480 e. The van der Waals surface area contributed by atoms with Crippen molar-refractivity contribution in [1.82, 2.24) is 5.32 Å². The Morgan fingerprint density at radius 2 is 1.11 bits per heavy atom. The molecule has 0 aliphatic carbocycles. The molecule has 0 aliphatic rings. The SMILES string of the molecule is CC/C=C\C/C=C\C/C=C\C/C=C\C/C=C\CCCC(=O)OC(/C=C\C/C=C\CCCCCC)CCCCCCCCC(=O)NC(CCCN)C(=O)O. The molecule has 0 rings (SSSR count). The number of hydrogen-bond donors (Lipinski definition) is 3. The van der Waals surface area contributed by atoms with Crippen molar-refractivity contribution in [3.8, 4) is 0 Å². The summed E-state index contributed by atoms with van der Waals surface area (Å²) >= 11 is 0. The Morgan fingerprint density at radius 3 is 1.70 bits per heavy atom. The van der Waals surface area contributed by atoms with E-state index in [0.29, 0.717) is 32.2 Å². The van der Waals surface area contributed by atoms with Gasteiger partial charge in [0.15, 0.2) is 0 Å². The Balaban J connectivity index is 4.45. The number of allylic oxidation sites excluding steroid dienone is 13. The third-order valence-corrected chi connectivity index (χ3v) is 8.68. The predicted molar refractivity (Wildman–Crippen MR) is 225 cm³/mol. The van der Waals surface area contributed by atoms with E-state index in [1.54, 1.807) is 0 Å². The summed E-state index contributed by atoms with van der Waals surface area (Å²) in [6.45, 7) is 4.78. The number of rotatable bonds is 36. The number of carbonyl (C=O) groups excluding carboxylic acids is 2. The first-order valence-corrected chi connectivity index (χ1v) is 20.9. The van der Waals surface area contributed by atoms with Crippen LogP contribution in [0.3, 0.4) is 0 Å². The van der Waals surface area contributed by atoms with Crippen LogP contribution in [0.2, 0.25) is 0 Å². The predicted octanol–water partition coefficient (Wildman–Crippen LogP) is 11.7. The highest BCUT2D eigenvalue weighted by Gasteiger charge is 2.18. The molecule has 2 atom stereocenters. The fraction of sp³-hybridized carbons (Fsp3) is 0.630. The number of nitrogens with one attached hydrogen (secondary N) is 1. The topological polar surface area (TPSA) is 119 Å². The van der Waals surface area contributed by atoms with Crippen LogP contribution in [0.4, 0.5) is 0 Å². The molecular weight excluding hydrogens is 661 g/mol. The highest BCUT2D eigenvalue weighted by Crippen LogP contribution is 2.14. The molecule has 53 heavy (non-hydrogen) atoms. The van der Waals surface area contributed by atoms with Crippen molar-refractivity contribution in [3.63, 3.8) is 0 Å². The molecule has 0 saturated carbocycles. The van der Waals surface area contributed by atoms with E-state index in [4.69, 9.17) is 10.5 Å². The molecule has 0 radical (unpaired) electrons. The van der Waals surface area contributed by atoms with E-state index < -0.39 is 12.0 Å². The number of aliphatic carboxylic acids is 1. The summed E-state index contributed by atoms with van der Waals surface area (Å²) < 4.78 is 5.90. The van der Waals surface area contributed by atoms with Gasteiger partial charge < -0.3 is 20.9 Å². The molecule has 0 heterocycles. The summed E-state index contributed by atoms with van der Waals surface area (Å²) in [4.78, 5) is 36.2. The summed E-state index contributed by atoms with van der Waals surface area (Å²) in [6.07, 6.45) is 52.2. The Hall–Kier alpha value is -3.45. The first-order chi connectivity index (χ1) is 25.9. The van der Waals surface area contributed by atoms with E-state index in [1.807, 2.05) is 0 Å². The second-order valence-electron chi connectivity index (χ2n) is 13.7. The monoisotopic (exact) mass is 737 g/mol. The molecule has 2 unspecified atom stereocenters. The molecular formula is C46H76N2O5. The molecule has 7 heteroatoms. The lowest BCUT2D eigenvalue weighted by Crippen LogP contribution is -2.40. The fourth-order valence-electron chi connectivity index (χ4n) is 5.55. The molecule has 0 bridgehead atoms. The maximum absolute atomic E-state index is 12.7. The van der Waals surface area contributed by atoms with Gasteiger partial charge in [0.1, 0.15) is 12.1 Å². The minimum Gasteiger partial charge on any atom is -0.480 e. The summed E-state index contributed by atoms with van der Waals surface area (Å²) in [5.74, 6) is -1.36. The molecule has 0 fully saturated rings. The molecule has 4 N–H and O–H groups in total. The Kier molecular flexibility index (Phi) is 37.2. The van der Waals surface area contributed by atoms with Crippen LogP contribution in [0.15, 0.2) is 85.1 Å². The van der Waals surface area contributed by atoms with Crippen molar-refractivity contribution in [2.24, 2.45) is 5.73 Å². The van der Waals surface area contributed by atoms with Crippen molar-refractivity contribution in [2.75, 3.05) is 6.54 Å². The third-order valence-electron chi connectivity index (χ3n) is 8.68. The lowest BCUT2D eigenvalue weighted by molar-refractivity contribution is -0.147. The smallest absolute Gasteiger partial charge is 0.326 e. The summed E-state index contributed by atoms with van der Waals surface area (Å²) in [6, 6.07) is -0.863. The zero-order chi connectivity index (χ0) is 38.9. The van der Waals surface area contributed by atoms with Crippen LogP contribution in [0.5, 0.6) is 0 Å². The van der Waals surface area contributed by atoms with Crippen molar-refractivity contribution >= 4 is 17.8 Å². The lowest BCUT2D eigenvalue weighted by atomic mass is 10.0. The standard InChI is InChI=1S/C46H76N2O5/c1-3-5-7-9-11-13-14-15-16-17-18-19-20-22-24-30-34-40-45(50)53-42(36-31-27-23-21-12-10-8-6-4-2)37-32-28-25-26-29-33-39-44(49)48-43(46(51)52)38-35-41-47/h5,7,11,13,15-16,18-19,21-24,31,36,42-43H,3-4,6,8-10,12,14,17,20,25-30,32-35,37-41,47H2,1-2H3,(H,48,49)(H,51,52)/b7-5-,13-11-,16-15-,19-18-,23-21-,24-22-,36-31-. The number of carboxylic acid groups (broad SMARTS) is 1. The number of hydrogen-bond acceptors (Lipinski definition) is 5. The number of nitrogens with two attached hydrogens (primary N) is 1. The Labute approximate surface area is 324 Å². The molecule has 7 nitrogen and oxygen atoms in total. The van der Waals surface area contributed by atoms with Crippen LogP contribution in [0, 0.1) is 0 Å². The Morgan fingerprint density at radius 1 is 0.585 bits per heavy atom. The van der Waals surface area contributed by atoms with E-state index >= 15 is 0 Å². The van der Waals surface area contributed by atoms with Gasteiger partial charge in [-0.2, -0.15) is 0 Å². The van der Waals surface area contributed by atoms with E-state index in [-0.39, 0.29) is 18.0 Å². The quantitative estimate of drug-likeness (QED) is 0.0335. The summed E-state index contributed by atoms with van der Waals surface area (Å²) in [7, 11) is 0. The van der Waals surface area contributed by atoms with Crippen LogP contribution in [-0.4, -0.2) is 41.6 Å². The van der Waals surface area contributed by atoms with Gasteiger partial charge in [0.25, 0.3) is 0 Å². The van der Waals surface area contributed by atoms with Crippen molar-refractivity contribution < 1.29 is 24.2 Å². The van der Waals surface area contributed by atoms with Gasteiger partial charge in [0.2, 0.25) is 5.91 Å². The van der Waals surface area contributed by atoms with Gasteiger partial charge in [-0.05, 0) is 109 Å². The molecule has 0 aliphatic heterocycles. The van der Waals surface area contributed by atoms with Crippen LogP contribution >= 0.6 is 0 Å². The van der Waals surface area contributed by atoms with Crippen molar-refractivity contribution in [3.05, 3.63) is 85.1 Å². The van der Waals surface area contributed by atoms with E-state index in [1.165, 1.54) is 25.7 Å². The van der Waals surface area contributed by atoms with Crippen molar-refractivity contribution in [1.29, 1.82) is 0 Å². The highest BCUT2D eigenvalue weighted by molar-refractivity contribution is 5.83. The van der Waals surface area contributed by atoms with Gasteiger partial charge in [-0.25, -0.2) is 4.79 Å². The second kappa shape index (κ2) is 39.8. The number of ether oxygens (including phenoxy) is 1.